The monoisotopic (exact) mass is 287 g/mol. The Bertz CT molecular complexity index is 468. The summed E-state index contributed by atoms with van der Waals surface area (Å²) in [6, 6.07) is 1.31. The van der Waals surface area contributed by atoms with Crippen LogP contribution in [0.3, 0.4) is 0 Å². The highest BCUT2D eigenvalue weighted by Gasteiger charge is 2.27. The SMILES string of the molecule is CCC(NC(CC)C(O)c1cc(F)ccc1F)C(=O)O. The van der Waals surface area contributed by atoms with Crippen molar-refractivity contribution < 1.29 is 23.8 Å². The topological polar surface area (TPSA) is 69.6 Å². The predicted molar refractivity (Wildman–Crippen MR) is 70.2 cm³/mol. The Morgan fingerprint density at radius 1 is 1.30 bits per heavy atom. The van der Waals surface area contributed by atoms with E-state index >= 15 is 0 Å². The third-order valence-corrected chi connectivity index (χ3v) is 3.22. The number of aliphatic hydroxyl groups excluding tert-OH is 1. The normalized spacial score (nSPS) is 15.7. The minimum atomic E-state index is -1.32. The van der Waals surface area contributed by atoms with Gasteiger partial charge >= 0.3 is 5.97 Å². The van der Waals surface area contributed by atoms with Gasteiger partial charge in [0.25, 0.3) is 0 Å². The zero-order chi connectivity index (χ0) is 15.3. The maximum absolute atomic E-state index is 13.6. The largest absolute Gasteiger partial charge is 0.480 e. The van der Waals surface area contributed by atoms with Crippen molar-refractivity contribution in [2.75, 3.05) is 0 Å². The Kier molecular flexibility index (Phi) is 6.04. The molecule has 20 heavy (non-hydrogen) atoms. The van der Waals surface area contributed by atoms with Gasteiger partial charge in [-0.25, -0.2) is 8.78 Å². The molecule has 1 aromatic rings. The van der Waals surface area contributed by atoms with Gasteiger partial charge in [0, 0.05) is 11.6 Å². The molecule has 0 aliphatic rings. The van der Waals surface area contributed by atoms with E-state index in [0.717, 1.165) is 18.2 Å². The molecule has 1 aromatic carbocycles. The maximum atomic E-state index is 13.6. The van der Waals surface area contributed by atoms with E-state index < -0.39 is 35.8 Å². The molecular formula is C14H19F2NO3. The molecule has 0 bridgehead atoms. The number of carboxylic acid groups (broad SMARTS) is 1. The van der Waals surface area contributed by atoms with Crippen molar-refractivity contribution in [2.45, 2.75) is 44.9 Å². The van der Waals surface area contributed by atoms with Crippen molar-refractivity contribution in [3.63, 3.8) is 0 Å². The summed E-state index contributed by atoms with van der Waals surface area (Å²) in [6.07, 6.45) is -0.616. The van der Waals surface area contributed by atoms with Crippen LogP contribution in [0.15, 0.2) is 18.2 Å². The number of benzene rings is 1. The van der Waals surface area contributed by atoms with Crippen molar-refractivity contribution in [3.05, 3.63) is 35.4 Å². The lowest BCUT2D eigenvalue weighted by Gasteiger charge is -2.26. The van der Waals surface area contributed by atoms with Crippen LogP contribution in [-0.2, 0) is 4.79 Å². The van der Waals surface area contributed by atoms with Crippen LogP contribution in [0.25, 0.3) is 0 Å². The van der Waals surface area contributed by atoms with Crippen LogP contribution in [0.5, 0.6) is 0 Å². The Labute approximate surface area is 116 Å². The van der Waals surface area contributed by atoms with Crippen molar-refractivity contribution >= 4 is 5.97 Å². The van der Waals surface area contributed by atoms with Gasteiger partial charge in [-0.3, -0.25) is 10.1 Å². The molecule has 0 amide bonds. The molecule has 0 aliphatic carbocycles. The highest BCUT2D eigenvalue weighted by molar-refractivity contribution is 5.73. The van der Waals surface area contributed by atoms with E-state index in [4.69, 9.17) is 5.11 Å². The number of hydrogen-bond acceptors (Lipinski definition) is 3. The molecule has 0 aliphatic heterocycles. The summed E-state index contributed by atoms with van der Waals surface area (Å²) in [6.45, 7) is 3.42. The van der Waals surface area contributed by atoms with Crippen LogP contribution >= 0.6 is 0 Å². The van der Waals surface area contributed by atoms with E-state index in [9.17, 15) is 18.7 Å². The number of aliphatic carboxylic acids is 1. The fourth-order valence-electron chi connectivity index (χ4n) is 2.01. The van der Waals surface area contributed by atoms with Gasteiger partial charge in [-0.15, -0.1) is 0 Å². The number of hydrogen-bond donors (Lipinski definition) is 3. The lowest BCUT2D eigenvalue weighted by atomic mass is 9.98. The third kappa shape index (κ3) is 3.98. The Morgan fingerprint density at radius 3 is 2.45 bits per heavy atom. The second kappa shape index (κ2) is 7.31. The number of carboxylic acids is 1. The molecule has 6 heteroatoms. The fraction of sp³-hybridized carbons (Fsp3) is 0.500. The molecule has 0 radical (unpaired) electrons. The minimum Gasteiger partial charge on any atom is -0.480 e. The molecular weight excluding hydrogens is 268 g/mol. The van der Waals surface area contributed by atoms with Crippen LogP contribution in [-0.4, -0.2) is 28.3 Å². The summed E-state index contributed by atoms with van der Waals surface area (Å²) in [5.41, 5.74) is -0.176. The lowest BCUT2D eigenvalue weighted by molar-refractivity contribution is -0.140. The lowest BCUT2D eigenvalue weighted by Crippen LogP contribution is -2.45. The van der Waals surface area contributed by atoms with E-state index in [-0.39, 0.29) is 5.56 Å². The van der Waals surface area contributed by atoms with Crippen molar-refractivity contribution in [1.82, 2.24) is 5.32 Å². The van der Waals surface area contributed by atoms with Crippen LogP contribution in [0.1, 0.15) is 38.4 Å². The van der Waals surface area contributed by atoms with E-state index in [2.05, 4.69) is 5.32 Å². The van der Waals surface area contributed by atoms with Crippen LogP contribution < -0.4 is 5.32 Å². The maximum Gasteiger partial charge on any atom is 0.320 e. The first-order valence-electron chi connectivity index (χ1n) is 6.52. The van der Waals surface area contributed by atoms with E-state index in [1.807, 2.05) is 0 Å². The van der Waals surface area contributed by atoms with Gasteiger partial charge in [0.2, 0.25) is 0 Å². The van der Waals surface area contributed by atoms with Gasteiger partial charge in [-0.05, 0) is 31.0 Å². The summed E-state index contributed by atoms with van der Waals surface area (Å²) in [4.78, 5) is 11.0. The minimum absolute atomic E-state index is 0.176. The number of halogens is 2. The summed E-state index contributed by atoms with van der Waals surface area (Å²) in [5, 5.41) is 21.9. The summed E-state index contributed by atoms with van der Waals surface area (Å²) < 4.78 is 26.8. The Hall–Kier alpha value is -1.53. The average molecular weight is 287 g/mol. The number of nitrogens with one attached hydrogen (secondary N) is 1. The van der Waals surface area contributed by atoms with Crippen LogP contribution in [0.4, 0.5) is 8.78 Å². The molecule has 112 valence electrons. The zero-order valence-electron chi connectivity index (χ0n) is 11.4. The average Bonchev–Trinajstić information content (AvgIpc) is 2.41. The molecule has 0 saturated heterocycles. The van der Waals surface area contributed by atoms with Crippen molar-refractivity contribution in [2.24, 2.45) is 0 Å². The van der Waals surface area contributed by atoms with Crippen molar-refractivity contribution in [1.29, 1.82) is 0 Å². The summed E-state index contributed by atoms with van der Waals surface area (Å²) >= 11 is 0. The second-order valence-corrected chi connectivity index (χ2v) is 4.59. The number of aliphatic hydroxyl groups is 1. The zero-order valence-corrected chi connectivity index (χ0v) is 11.4. The van der Waals surface area contributed by atoms with Gasteiger partial charge in [-0.1, -0.05) is 13.8 Å². The van der Waals surface area contributed by atoms with E-state index in [1.165, 1.54) is 0 Å². The van der Waals surface area contributed by atoms with E-state index in [1.54, 1.807) is 13.8 Å². The quantitative estimate of drug-likeness (QED) is 0.719. The highest BCUT2D eigenvalue weighted by Crippen LogP contribution is 2.23. The Morgan fingerprint density at radius 2 is 1.95 bits per heavy atom. The van der Waals surface area contributed by atoms with E-state index in [0.29, 0.717) is 12.8 Å². The highest BCUT2D eigenvalue weighted by atomic mass is 19.1. The molecule has 1 rings (SSSR count). The molecule has 3 N–H and O–H groups in total. The first-order valence-corrected chi connectivity index (χ1v) is 6.52. The molecule has 0 saturated carbocycles. The smallest absolute Gasteiger partial charge is 0.320 e. The van der Waals surface area contributed by atoms with Gasteiger partial charge in [0.15, 0.2) is 0 Å². The van der Waals surface area contributed by atoms with Crippen molar-refractivity contribution in [3.8, 4) is 0 Å². The first-order chi connectivity index (χ1) is 9.40. The first kappa shape index (κ1) is 16.5. The number of carbonyl (C=O) groups is 1. The van der Waals surface area contributed by atoms with Crippen LogP contribution in [0, 0.1) is 11.6 Å². The van der Waals surface area contributed by atoms with Gasteiger partial charge in [-0.2, -0.15) is 0 Å². The van der Waals surface area contributed by atoms with Gasteiger partial charge < -0.3 is 10.2 Å². The Balaban J connectivity index is 2.93. The van der Waals surface area contributed by atoms with Gasteiger partial charge in [0.1, 0.15) is 17.7 Å². The summed E-state index contributed by atoms with van der Waals surface area (Å²) in [7, 11) is 0. The molecule has 3 unspecified atom stereocenters. The summed E-state index contributed by atoms with van der Waals surface area (Å²) in [5.74, 6) is -2.42. The molecule has 3 atom stereocenters. The number of rotatable bonds is 7. The molecule has 0 fully saturated rings. The molecule has 0 spiro atoms. The van der Waals surface area contributed by atoms with Crippen LogP contribution in [0.2, 0.25) is 0 Å². The van der Waals surface area contributed by atoms with Gasteiger partial charge in [0.05, 0.1) is 6.10 Å². The fourth-order valence-corrected chi connectivity index (χ4v) is 2.01. The standard InChI is InChI=1S/C14H19F2NO3/c1-3-11(17-12(4-2)14(19)20)13(18)9-7-8(15)5-6-10(9)16/h5-7,11-13,17-18H,3-4H2,1-2H3,(H,19,20). The second-order valence-electron chi connectivity index (χ2n) is 4.59. The molecule has 4 nitrogen and oxygen atoms in total. The molecule has 0 aromatic heterocycles. The molecule has 0 heterocycles. The predicted octanol–water partition coefficient (Wildman–Crippen LogP) is 2.23. The third-order valence-electron chi connectivity index (χ3n) is 3.22.